The predicted molar refractivity (Wildman–Crippen MR) is 103 cm³/mol. The van der Waals surface area contributed by atoms with E-state index in [-0.39, 0.29) is 11.9 Å². The lowest BCUT2D eigenvalue weighted by molar-refractivity contribution is 0.0728. The molecular formula is C21H24N4O. The van der Waals surface area contributed by atoms with Gasteiger partial charge in [0.2, 0.25) is 0 Å². The van der Waals surface area contributed by atoms with Crippen LogP contribution in [0, 0.1) is 0 Å². The Morgan fingerprint density at radius 3 is 2.85 bits per heavy atom. The van der Waals surface area contributed by atoms with Crippen LogP contribution in [0.15, 0.2) is 48.7 Å². The van der Waals surface area contributed by atoms with Crippen LogP contribution < -0.4 is 0 Å². The van der Waals surface area contributed by atoms with Gasteiger partial charge in [-0.2, -0.15) is 0 Å². The summed E-state index contributed by atoms with van der Waals surface area (Å²) in [7, 11) is 4.09. The quantitative estimate of drug-likeness (QED) is 0.784. The van der Waals surface area contributed by atoms with Crippen LogP contribution in [-0.2, 0) is 6.54 Å². The van der Waals surface area contributed by atoms with E-state index in [1.807, 2.05) is 55.5 Å². The number of carbonyl (C=O) groups excluding carboxylic acids is 1. The number of para-hydroxylation sites is 1. The van der Waals surface area contributed by atoms with Crippen molar-refractivity contribution in [2.24, 2.45) is 0 Å². The molecule has 0 saturated carbocycles. The second kappa shape index (κ2) is 6.92. The smallest absolute Gasteiger partial charge is 0.270 e. The number of pyridine rings is 1. The Bertz CT molecular complexity index is 880. The number of amides is 1. The van der Waals surface area contributed by atoms with Crippen molar-refractivity contribution in [1.82, 2.24) is 19.8 Å². The summed E-state index contributed by atoms with van der Waals surface area (Å²) < 4.78 is 0. The monoisotopic (exact) mass is 348 g/mol. The molecule has 2 aromatic heterocycles. The lowest BCUT2D eigenvalue weighted by atomic mass is 10.1. The van der Waals surface area contributed by atoms with Gasteiger partial charge in [-0.3, -0.25) is 9.78 Å². The van der Waals surface area contributed by atoms with E-state index in [4.69, 9.17) is 0 Å². The lowest BCUT2D eigenvalue weighted by Gasteiger charge is -2.24. The number of benzene rings is 1. The van der Waals surface area contributed by atoms with E-state index in [1.165, 1.54) is 5.56 Å². The highest BCUT2D eigenvalue weighted by Crippen LogP contribution is 2.32. The predicted octanol–water partition coefficient (Wildman–Crippen LogP) is 3.60. The van der Waals surface area contributed by atoms with Gasteiger partial charge in [-0.05, 0) is 50.7 Å². The van der Waals surface area contributed by atoms with E-state index in [0.717, 1.165) is 42.5 Å². The Labute approximate surface area is 153 Å². The molecular weight excluding hydrogens is 324 g/mol. The Morgan fingerprint density at radius 2 is 2.12 bits per heavy atom. The number of hydrogen-bond donors (Lipinski definition) is 1. The highest BCUT2D eigenvalue weighted by molar-refractivity contribution is 5.98. The lowest BCUT2D eigenvalue weighted by Crippen LogP contribution is -2.31. The molecule has 1 amide bonds. The molecule has 5 nitrogen and oxygen atoms in total. The first-order chi connectivity index (χ1) is 12.6. The van der Waals surface area contributed by atoms with Crippen LogP contribution in [0.4, 0.5) is 0 Å². The van der Waals surface area contributed by atoms with Crippen molar-refractivity contribution in [1.29, 1.82) is 0 Å². The van der Waals surface area contributed by atoms with Crippen molar-refractivity contribution in [2.45, 2.75) is 25.4 Å². The Balaban J connectivity index is 1.56. The second-order valence-corrected chi connectivity index (χ2v) is 7.26. The van der Waals surface area contributed by atoms with Gasteiger partial charge < -0.3 is 14.8 Å². The van der Waals surface area contributed by atoms with E-state index in [1.54, 1.807) is 0 Å². The average Bonchev–Trinajstić information content (AvgIpc) is 3.28. The number of aromatic amines is 1. The molecule has 3 aromatic rings. The molecule has 3 heterocycles. The molecule has 134 valence electrons. The first-order valence-corrected chi connectivity index (χ1v) is 9.10. The molecule has 1 N–H and O–H groups in total. The van der Waals surface area contributed by atoms with E-state index in [9.17, 15) is 4.79 Å². The molecule has 26 heavy (non-hydrogen) atoms. The first kappa shape index (κ1) is 16.8. The molecule has 1 aliphatic heterocycles. The summed E-state index contributed by atoms with van der Waals surface area (Å²) in [6.07, 6.45) is 3.91. The van der Waals surface area contributed by atoms with Gasteiger partial charge in [-0.25, -0.2) is 0 Å². The number of aromatic nitrogens is 2. The first-order valence-electron chi connectivity index (χ1n) is 9.10. The zero-order valence-electron chi connectivity index (χ0n) is 15.3. The third kappa shape index (κ3) is 3.22. The summed E-state index contributed by atoms with van der Waals surface area (Å²) in [6.45, 7) is 1.65. The summed E-state index contributed by atoms with van der Waals surface area (Å²) in [6, 6.07) is 14.2. The van der Waals surface area contributed by atoms with Gasteiger partial charge in [0, 0.05) is 30.2 Å². The number of nitrogens with zero attached hydrogens (tertiary/aromatic N) is 3. The number of rotatable bonds is 4. The molecule has 1 aliphatic rings. The highest BCUT2D eigenvalue weighted by Gasteiger charge is 2.32. The van der Waals surface area contributed by atoms with Gasteiger partial charge in [0.1, 0.15) is 5.69 Å². The molecule has 1 unspecified atom stereocenters. The van der Waals surface area contributed by atoms with Crippen molar-refractivity contribution in [2.75, 3.05) is 20.6 Å². The van der Waals surface area contributed by atoms with Crippen molar-refractivity contribution >= 4 is 16.8 Å². The zero-order valence-corrected chi connectivity index (χ0v) is 15.3. The van der Waals surface area contributed by atoms with Gasteiger partial charge in [0.15, 0.2) is 0 Å². The average molecular weight is 348 g/mol. The highest BCUT2D eigenvalue weighted by atomic mass is 16.2. The Morgan fingerprint density at radius 1 is 1.27 bits per heavy atom. The number of carbonyl (C=O) groups is 1. The fraction of sp³-hybridized carbons (Fsp3) is 0.333. The molecule has 1 atom stereocenters. The van der Waals surface area contributed by atoms with E-state index in [2.05, 4.69) is 27.0 Å². The van der Waals surface area contributed by atoms with Crippen molar-refractivity contribution in [3.63, 3.8) is 0 Å². The molecule has 0 aliphatic carbocycles. The molecule has 4 rings (SSSR count). The van der Waals surface area contributed by atoms with Crippen molar-refractivity contribution < 1.29 is 4.79 Å². The number of H-pyrrole nitrogens is 1. The van der Waals surface area contributed by atoms with Crippen LogP contribution in [-0.4, -0.2) is 46.3 Å². The van der Waals surface area contributed by atoms with E-state index in [0.29, 0.717) is 5.69 Å². The van der Waals surface area contributed by atoms with Crippen LogP contribution in [0.3, 0.4) is 0 Å². The maximum Gasteiger partial charge on any atom is 0.270 e. The molecule has 1 fully saturated rings. The minimum absolute atomic E-state index is 0.0577. The number of nitrogens with one attached hydrogen (secondary N) is 1. The third-order valence-electron chi connectivity index (χ3n) is 4.96. The summed E-state index contributed by atoms with van der Waals surface area (Å²) in [4.78, 5) is 25.1. The van der Waals surface area contributed by atoms with Crippen LogP contribution in [0.25, 0.3) is 10.9 Å². The second-order valence-electron chi connectivity index (χ2n) is 7.26. The van der Waals surface area contributed by atoms with E-state index < -0.39 is 0 Å². The molecule has 0 spiro atoms. The standard InChI is InChI=1S/C21H24N4O/c1-24(2)14-15-9-10-18(22-13-15)20-8-5-11-25(20)21(26)19-12-16-6-3-4-7-17(16)23-19/h3-4,6-7,9-10,12-13,20,23H,5,8,11,14H2,1-2H3. The minimum Gasteiger partial charge on any atom is -0.351 e. The number of likely N-dealkylation sites (tertiary alicyclic amines) is 1. The molecule has 5 heteroatoms. The Hall–Kier alpha value is -2.66. The molecule has 1 aromatic carbocycles. The van der Waals surface area contributed by atoms with Crippen LogP contribution in [0.1, 0.15) is 40.6 Å². The summed E-state index contributed by atoms with van der Waals surface area (Å²) in [5, 5.41) is 1.07. The molecule has 0 radical (unpaired) electrons. The summed E-state index contributed by atoms with van der Waals surface area (Å²) >= 11 is 0. The van der Waals surface area contributed by atoms with Crippen LogP contribution in [0.5, 0.6) is 0 Å². The number of hydrogen-bond acceptors (Lipinski definition) is 3. The Kier molecular flexibility index (Phi) is 4.47. The number of fused-ring (bicyclic) bond motifs is 1. The maximum atomic E-state index is 13.1. The summed E-state index contributed by atoms with van der Waals surface area (Å²) in [5.41, 5.74) is 3.82. The van der Waals surface area contributed by atoms with E-state index >= 15 is 0 Å². The minimum atomic E-state index is 0.0577. The van der Waals surface area contributed by atoms with Gasteiger partial charge in [0.05, 0.1) is 11.7 Å². The normalized spacial score (nSPS) is 17.3. The molecule has 0 bridgehead atoms. The fourth-order valence-corrected chi connectivity index (χ4v) is 3.75. The zero-order chi connectivity index (χ0) is 18.1. The van der Waals surface area contributed by atoms with Gasteiger partial charge >= 0.3 is 0 Å². The van der Waals surface area contributed by atoms with Crippen molar-refractivity contribution in [3.8, 4) is 0 Å². The SMILES string of the molecule is CN(C)Cc1ccc(C2CCCN2C(=O)c2cc3ccccc3[nH]2)nc1. The largest absolute Gasteiger partial charge is 0.351 e. The van der Waals surface area contributed by atoms with Gasteiger partial charge in [0.25, 0.3) is 5.91 Å². The van der Waals surface area contributed by atoms with Crippen LogP contribution >= 0.6 is 0 Å². The van der Waals surface area contributed by atoms with Crippen LogP contribution in [0.2, 0.25) is 0 Å². The maximum absolute atomic E-state index is 13.1. The fourth-order valence-electron chi connectivity index (χ4n) is 3.75. The van der Waals surface area contributed by atoms with Gasteiger partial charge in [-0.1, -0.05) is 24.3 Å². The van der Waals surface area contributed by atoms with Gasteiger partial charge in [-0.15, -0.1) is 0 Å². The summed E-state index contributed by atoms with van der Waals surface area (Å²) in [5.74, 6) is 0.0582. The third-order valence-corrected chi connectivity index (χ3v) is 4.96. The topological polar surface area (TPSA) is 52.2 Å². The molecule has 1 saturated heterocycles. The van der Waals surface area contributed by atoms with Crippen molar-refractivity contribution in [3.05, 3.63) is 65.6 Å².